The van der Waals surface area contributed by atoms with Gasteiger partial charge in [0.15, 0.2) is 0 Å². The molecule has 4 heteroatoms. The Morgan fingerprint density at radius 2 is 2.03 bits per heavy atom. The second kappa shape index (κ2) is 7.91. The van der Waals surface area contributed by atoms with Crippen LogP contribution in [-0.4, -0.2) is 53.5 Å². The van der Waals surface area contributed by atoms with Gasteiger partial charge in [-0.25, -0.2) is 0 Å². The second-order valence-electron chi connectivity index (χ2n) is 13.0. The molecule has 0 aromatic rings. The van der Waals surface area contributed by atoms with Crippen LogP contribution in [0.5, 0.6) is 0 Å². The summed E-state index contributed by atoms with van der Waals surface area (Å²) < 4.78 is 7.19. The molecule has 4 nitrogen and oxygen atoms in total. The van der Waals surface area contributed by atoms with E-state index in [9.17, 15) is 5.11 Å². The second-order valence-corrected chi connectivity index (χ2v) is 13.0. The maximum atomic E-state index is 10.3. The number of aliphatic hydroxyl groups excluding tert-OH is 1. The first-order valence-electron chi connectivity index (χ1n) is 14.0. The van der Waals surface area contributed by atoms with Gasteiger partial charge in [0.2, 0.25) is 0 Å². The molecule has 3 N–H and O–H groups in total. The number of rotatable bonds is 2. The Bertz CT molecular complexity index is 866. The summed E-state index contributed by atoms with van der Waals surface area (Å²) in [6.07, 6.45) is 12.0. The Morgan fingerprint density at radius 1 is 1.21 bits per heavy atom. The van der Waals surface area contributed by atoms with E-state index in [4.69, 9.17) is 10.5 Å². The summed E-state index contributed by atoms with van der Waals surface area (Å²) in [5.41, 5.74) is 11.2. The Balaban J connectivity index is 1.33. The Hall–Kier alpha value is -0.680. The molecule has 4 aliphatic carbocycles. The molecule has 184 valence electrons. The van der Waals surface area contributed by atoms with Crippen molar-refractivity contribution >= 4 is 0 Å². The molecular weight excluding hydrogens is 408 g/mol. The topological polar surface area (TPSA) is 58.7 Å². The molecule has 33 heavy (non-hydrogen) atoms. The molecular formula is C29H46N2O2. The van der Waals surface area contributed by atoms with E-state index in [0.29, 0.717) is 29.4 Å². The molecule has 2 saturated carbocycles. The van der Waals surface area contributed by atoms with Crippen LogP contribution in [0.1, 0.15) is 79.1 Å². The van der Waals surface area contributed by atoms with Crippen LogP contribution >= 0.6 is 0 Å². The maximum absolute atomic E-state index is 10.3. The number of piperidine rings is 1. The number of likely N-dealkylation sites (tertiary alicyclic amines) is 1. The molecule has 6 rings (SSSR count). The van der Waals surface area contributed by atoms with Crippen LogP contribution < -0.4 is 5.73 Å². The van der Waals surface area contributed by atoms with Crippen LogP contribution in [0.2, 0.25) is 0 Å². The standard InChI is InChI=1S/C29H46N2O2/c1-17-13-26-27(31(16-17)12-11-30)19(3)29(33-26)10-8-22-23-6-5-20-14-21(32)7-9-28(20,4)25(23)15-24(22)18(29)2/h5,17,19,21-23,25-27,32H,6-16,30H2,1-4H3. The first kappa shape index (κ1) is 22.8. The fourth-order valence-corrected chi connectivity index (χ4v) is 9.89. The van der Waals surface area contributed by atoms with E-state index in [-0.39, 0.29) is 11.7 Å². The first-order valence-corrected chi connectivity index (χ1v) is 14.0. The van der Waals surface area contributed by atoms with Crippen LogP contribution in [-0.2, 0) is 4.74 Å². The molecule has 10 unspecified atom stereocenters. The molecule has 6 aliphatic rings. The molecule has 10 atom stereocenters. The van der Waals surface area contributed by atoms with Gasteiger partial charge in [0.25, 0.3) is 0 Å². The summed E-state index contributed by atoms with van der Waals surface area (Å²) in [5.74, 6) is 3.52. The SMILES string of the molecule is CC1=C2CC3C(CC=C4CC(O)CCC43C)C2CCC12OC1CC(C)CN(CCN)C1C2C. The number of ether oxygens (including phenoxy) is 1. The molecule has 4 fully saturated rings. The molecule has 1 spiro atoms. The van der Waals surface area contributed by atoms with Crippen molar-refractivity contribution in [3.05, 3.63) is 22.8 Å². The van der Waals surface area contributed by atoms with Crippen molar-refractivity contribution in [3.8, 4) is 0 Å². The molecule has 0 radical (unpaired) electrons. The summed E-state index contributed by atoms with van der Waals surface area (Å²) in [5, 5.41) is 10.3. The minimum Gasteiger partial charge on any atom is -0.393 e. The van der Waals surface area contributed by atoms with E-state index in [1.165, 1.54) is 38.6 Å². The predicted octanol–water partition coefficient (Wildman–Crippen LogP) is 4.67. The average Bonchev–Trinajstić information content (AvgIpc) is 3.29. The van der Waals surface area contributed by atoms with Gasteiger partial charge in [0.05, 0.1) is 17.8 Å². The lowest BCUT2D eigenvalue weighted by Gasteiger charge is -2.49. The van der Waals surface area contributed by atoms with Crippen LogP contribution in [0, 0.1) is 35.0 Å². The van der Waals surface area contributed by atoms with E-state index in [1.807, 2.05) is 0 Å². The number of fused-ring (bicyclic) bond motifs is 6. The van der Waals surface area contributed by atoms with Crippen molar-refractivity contribution in [1.82, 2.24) is 4.90 Å². The van der Waals surface area contributed by atoms with Crippen LogP contribution in [0.3, 0.4) is 0 Å². The Labute approximate surface area is 201 Å². The molecule has 2 heterocycles. The highest BCUT2D eigenvalue weighted by Gasteiger charge is 2.61. The van der Waals surface area contributed by atoms with Crippen molar-refractivity contribution < 1.29 is 9.84 Å². The fraction of sp³-hybridized carbons (Fsp3) is 0.862. The summed E-state index contributed by atoms with van der Waals surface area (Å²) in [4.78, 5) is 2.67. The number of hydrogen-bond donors (Lipinski definition) is 2. The summed E-state index contributed by atoms with van der Waals surface area (Å²) >= 11 is 0. The van der Waals surface area contributed by atoms with E-state index >= 15 is 0 Å². The van der Waals surface area contributed by atoms with Gasteiger partial charge in [0.1, 0.15) is 0 Å². The van der Waals surface area contributed by atoms with Gasteiger partial charge in [-0.15, -0.1) is 0 Å². The Morgan fingerprint density at radius 3 is 2.82 bits per heavy atom. The summed E-state index contributed by atoms with van der Waals surface area (Å²) in [6, 6.07) is 0.520. The maximum Gasteiger partial charge on any atom is 0.0937 e. The third kappa shape index (κ3) is 3.16. The smallest absolute Gasteiger partial charge is 0.0937 e. The monoisotopic (exact) mass is 454 g/mol. The highest BCUT2D eigenvalue weighted by molar-refractivity contribution is 5.38. The zero-order chi connectivity index (χ0) is 23.1. The van der Waals surface area contributed by atoms with Crippen molar-refractivity contribution in [3.63, 3.8) is 0 Å². The summed E-state index contributed by atoms with van der Waals surface area (Å²) in [6.45, 7) is 12.8. The lowest BCUT2D eigenvalue weighted by Crippen LogP contribution is -2.53. The van der Waals surface area contributed by atoms with Crippen molar-refractivity contribution in [2.75, 3.05) is 19.6 Å². The third-order valence-electron chi connectivity index (χ3n) is 11.5. The quantitative estimate of drug-likeness (QED) is 0.595. The normalized spacial score (nSPS) is 51.8. The highest BCUT2D eigenvalue weighted by Crippen LogP contribution is 2.65. The highest BCUT2D eigenvalue weighted by atomic mass is 16.5. The van der Waals surface area contributed by atoms with E-state index in [2.05, 4.69) is 38.7 Å². The lowest BCUT2D eigenvalue weighted by molar-refractivity contribution is -0.0645. The van der Waals surface area contributed by atoms with Gasteiger partial charge in [-0.3, -0.25) is 4.90 Å². The molecule has 0 aromatic heterocycles. The zero-order valence-corrected chi connectivity index (χ0v) is 21.4. The third-order valence-corrected chi connectivity index (χ3v) is 11.5. The largest absolute Gasteiger partial charge is 0.393 e. The number of aliphatic hydroxyl groups is 1. The number of hydrogen-bond acceptors (Lipinski definition) is 4. The molecule has 2 saturated heterocycles. The van der Waals surface area contributed by atoms with Gasteiger partial charge in [-0.1, -0.05) is 38.0 Å². The van der Waals surface area contributed by atoms with Crippen LogP contribution in [0.15, 0.2) is 22.8 Å². The minimum atomic E-state index is -0.122. The summed E-state index contributed by atoms with van der Waals surface area (Å²) in [7, 11) is 0. The number of allylic oxidation sites excluding steroid dienone is 2. The van der Waals surface area contributed by atoms with Crippen LogP contribution in [0.4, 0.5) is 0 Å². The van der Waals surface area contributed by atoms with Crippen molar-refractivity contribution in [1.29, 1.82) is 0 Å². The van der Waals surface area contributed by atoms with Crippen LogP contribution in [0.25, 0.3) is 0 Å². The number of nitrogens with two attached hydrogens (primary N) is 1. The van der Waals surface area contributed by atoms with Gasteiger partial charge >= 0.3 is 0 Å². The Kier molecular flexibility index (Phi) is 5.46. The minimum absolute atomic E-state index is 0.0640. The lowest BCUT2D eigenvalue weighted by atomic mass is 9.56. The zero-order valence-electron chi connectivity index (χ0n) is 21.4. The average molecular weight is 455 g/mol. The van der Waals surface area contributed by atoms with Gasteiger partial charge in [-0.05, 0) is 93.0 Å². The molecule has 0 aromatic carbocycles. The fourth-order valence-electron chi connectivity index (χ4n) is 9.89. The number of nitrogens with zero attached hydrogens (tertiary/aromatic N) is 1. The first-order chi connectivity index (χ1) is 15.8. The van der Waals surface area contributed by atoms with Gasteiger partial charge in [-0.2, -0.15) is 0 Å². The van der Waals surface area contributed by atoms with E-state index in [0.717, 1.165) is 50.1 Å². The molecule has 0 bridgehead atoms. The van der Waals surface area contributed by atoms with Crippen molar-refractivity contribution in [2.45, 2.75) is 103 Å². The van der Waals surface area contributed by atoms with Gasteiger partial charge in [0, 0.05) is 31.6 Å². The van der Waals surface area contributed by atoms with Crippen molar-refractivity contribution in [2.24, 2.45) is 40.7 Å². The van der Waals surface area contributed by atoms with Gasteiger partial charge < -0.3 is 15.6 Å². The van der Waals surface area contributed by atoms with E-state index < -0.39 is 0 Å². The molecule has 2 aliphatic heterocycles. The molecule has 0 amide bonds. The van der Waals surface area contributed by atoms with E-state index in [1.54, 1.807) is 16.7 Å². The predicted molar refractivity (Wildman–Crippen MR) is 133 cm³/mol.